The van der Waals surface area contributed by atoms with E-state index >= 15 is 0 Å². The van der Waals surface area contributed by atoms with Gasteiger partial charge in [-0.1, -0.05) is 41.9 Å². The highest BCUT2D eigenvalue weighted by molar-refractivity contribution is 8.03. The van der Waals surface area contributed by atoms with Crippen LogP contribution in [0.25, 0.3) is 0 Å². The monoisotopic (exact) mass is 484 g/mol. The SMILES string of the molecule is C=CCSC1=C(C#N)[C@@H](c2ccccc2Cl)[C@H](C(=O)c2cccs2)[C@@](O)(C(F)(F)F)N1. The molecule has 3 rings (SSSR count). The summed E-state index contributed by atoms with van der Waals surface area (Å²) in [6, 6.07) is 10.9. The lowest BCUT2D eigenvalue weighted by molar-refractivity contribution is -0.285. The van der Waals surface area contributed by atoms with Crippen LogP contribution in [0.4, 0.5) is 13.2 Å². The molecular formula is C21H16ClF3N2O2S2. The molecule has 162 valence electrons. The van der Waals surface area contributed by atoms with Gasteiger partial charge in [-0.05, 0) is 23.1 Å². The first-order valence-corrected chi connectivity index (χ1v) is 11.2. The fraction of sp³-hybridized carbons (Fsp3) is 0.238. The number of ketones is 1. The number of nitrogens with zero attached hydrogens (tertiary/aromatic N) is 1. The summed E-state index contributed by atoms with van der Waals surface area (Å²) in [5, 5.41) is 24.4. The lowest BCUT2D eigenvalue weighted by Crippen LogP contribution is -2.66. The number of alkyl halides is 3. The van der Waals surface area contributed by atoms with Gasteiger partial charge in [0.1, 0.15) is 0 Å². The Labute approximate surface area is 190 Å². The van der Waals surface area contributed by atoms with E-state index in [-0.39, 0.29) is 31.8 Å². The largest absolute Gasteiger partial charge is 0.437 e. The third-order valence-electron chi connectivity index (χ3n) is 4.83. The van der Waals surface area contributed by atoms with Gasteiger partial charge in [0.05, 0.1) is 27.5 Å². The van der Waals surface area contributed by atoms with Gasteiger partial charge >= 0.3 is 6.18 Å². The molecular weight excluding hydrogens is 469 g/mol. The van der Waals surface area contributed by atoms with Crippen LogP contribution in [0.15, 0.2) is 65.0 Å². The van der Waals surface area contributed by atoms with Gasteiger partial charge in [0.25, 0.3) is 0 Å². The zero-order valence-corrected chi connectivity index (χ0v) is 18.2. The molecule has 0 amide bonds. The molecule has 0 fully saturated rings. The Morgan fingerprint density at radius 2 is 2.10 bits per heavy atom. The number of thiophene rings is 1. The average Bonchev–Trinajstić information content (AvgIpc) is 3.26. The second kappa shape index (κ2) is 9.09. The Morgan fingerprint density at radius 1 is 1.39 bits per heavy atom. The Kier molecular flexibility index (Phi) is 6.86. The van der Waals surface area contributed by atoms with Gasteiger partial charge in [0.15, 0.2) is 5.78 Å². The van der Waals surface area contributed by atoms with Crippen molar-refractivity contribution in [2.24, 2.45) is 5.92 Å². The van der Waals surface area contributed by atoms with E-state index in [4.69, 9.17) is 11.6 Å². The van der Waals surface area contributed by atoms with Crippen molar-refractivity contribution >= 4 is 40.5 Å². The van der Waals surface area contributed by atoms with Crippen molar-refractivity contribution in [2.75, 3.05) is 5.75 Å². The van der Waals surface area contributed by atoms with Crippen molar-refractivity contribution in [1.82, 2.24) is 5.32 Å². The maximum Gasteiger partial charge on any atom is 0.437 e. The number of rotatable bonds is 6. The molecule has 10 heteroatoms. The minimum atomic E-state index is -5.23. The molecule has 1 aliphatic heterocycles. The van der Waals surface area contributed by atoms with E-state index < -0.39 is 29.5 Å². The Bertz CT molecular complexity index is 1060. The summed E-state index contributed by atoms with van der Waals surface area (Å²) in [4.78, 5) is 13.3. The maximum atomic E-state index is 14.3. The summed E-state index contributed by atoms with van der Waals surface area (Å²) < 4.78 is 42.8. The summed E-state index contributed by atoms with van der Waals surface area (Å²) >= 11 is 8.12. The highest BCUT2D eigenvalue weighted by Gasteiger charge is 2.66. The summed E-state index contributed by atoms with van der Waals surface area (Å²) in [5.41, 5.74) is -3.58. The van der Waals surface area contributed by atoms with E-state index in [2.05, 4.69) is 11.9 Å². The van der Waals surface area contributed by atoms with E-state index in [0.29, 0.717) is 0 Å². The summed E-state index contributed by atoms with van der Waals surface area (Å²) in [7, 11) is 0. The fourth-order valence-corrected chi connectivity index (χ4v) is 5.26. The predicted molar refractivity (Wildman–Crippen MR) is 116 cm³/mol. The number of carbonyl (C=O) groups excluding carboxylic acids is 1. The van der Waals surface area contributed by atoms with E-state index in [1.54, 1.807) is 17.5 Å². The molecule has 0 bridgehead atoms. The molecule has 0 spiro atoms. The molecule has 0 saturated carbocycles. The summed E-state index contributed by atoms with van der Waals surface area (Å²) in [5.74, 6) is -4.25. The minimum absolute atomic E-state index is 0.0333. The van der Waals surface area contributed by atoms with Crippen LogP contribution in [0.2, 0.25) is 5.02 Å². The molecule has 4 nitrogen and oxygen atoms in total. The number of benzene rings is 1. The van der Waals surface area contributed by atoms with Crippen LogP contribution in [0, 0.1) is 17.2 Å². The number of allylic oxidation sites excluding steroid dienone is 1. The molecule has 2 aromatic rings. The van der Waals surface area contributed by atoms with Crippen molar-refractivity contribution in [3.05, 3.63) is 80.5 Å². The zero-order valence-electron chi connectivity index (χ0n) is 15.8. The van der Waals surface area contributed by atoms with E-state index in [1.807, 2.05) is 6.07 Å². The molecule has 0 saturated heterocycles. The molecule has 1 aromatic carbocycles. The van der Waals surface area contributed by atoms with Gasteiger partial charge in [-0.25, -0.2) is 0 Å². The maximum absolute atomic E-state index is 14.3. The standard InChI is InChI=1S/C21H16ClF3N2O2S2/c1-2-9-31-19-13(11-26)16(12-6-3-4-7-14(12)22)17(18(28)15-8-5-10-30-15)20(29,27-19)21(23,24)25/h2-8,10,16-17,27,29H,1,9H2/t16-,17-,20-/m1/s1. The van der Waals surface area contributed by atoms with Crippen molar-refractivity contribution in [3.63, 3.8) is 0 Å². The highest BCUT2D eigenvalue weighted by atomic mass is 35.5. The van der Waals surface area contributed by atoms with E-state index in [9.17, 15) is 28.3 Å². The van der Waals surface area contributed by atoms with Crippen molar-refractivity contribution in [2.45, 2.75) is 17.8 Å². The molecule has 1 aliphatic rings. The predicted octanol–water partition coefficient (Wildman–Crippen LogP) is 5.49. The van der Waals surface area contributed by atoms with Crippen LogP contribution in [0.3, 0.4) is 0 Å². The first-order chi connectivity index (χ1) is 14.7. The van der Waals surface area contributed by atoms with E-state index in [0.717, 1.165) is 23.1 Å². The lowest BCUT2D eigenvalue weighted by Gasteiger charge is -2.45. The average molecular weight is 485 g/mol. The number of halogens is 4. The number of carbonyl (C=O) groups is 1. The second-order valence-electron chi connectivity index (χ2n) is 6.66. The van der Waals surface area contributed by atoms with Crippen molar-refractivity contribution in [1.29, 1.82) is 5.26 Å². The number of Topliss-reactive ketones (excluding diaryl/α,β-unsaturated/α-hetero) is 1. The van der Waals surface area contributed by atoms with Crippen LogP contribution in [-0.2, 0) is 0 Å². The Balaban J connectivity index is 2.34. The normalized spacial score (nSPS) is 23.7. The van der Waals surface area contributed by atoms with Gasteiger partial charge < -0.3 is 10.4 Å². The highest BCUT2D eigenvalue weighted by Crippen LogP contribution is 2.52. The molecule has 0 radical (unpaired) electrons. The molecule has 3 atom stereocenters. The number of hydrogen-bond donors (Lipinski definition) is 2. The number of nitrogens with one attached hydrogen (secondary N) is 1. The lowest BCUT2D eigenvalue weighted by atomic mass is 9.70. The second-order valence-corrected chi connectivity index (χ2v) is 9.05. The first-order valence-electron chi connectivity index (χ1n) is 8.93. The smallest absolute Gasteiger partial charge is 0.363 e. The minimum Gasteiger partial charge on any atom is -0.363 e. The molecule has 0 aliphatic carbocycles. The van der Waals surface area contributed by atoms with Crippen molar-refractivity contribution < 1.29 is 23.1 Å². The molecule has 2 N–H and O–H groups in total. The van der Waals surface area contributed by atoms with Crippen molar-refractivity contribution in [3.8, 4) is 6.07 Å². The van der Waals surface area contributed by atoms with E-state index in [1.165, 1.54) is 30.3 Å². The van der Waals surface area contributed by atoms with Crippen LogP contribution >= 0.6 is 34.7 Å². The quantitative estimate of drug-likeness (QED) is 0.419. The zero-order chi connectivity index (χ0) is 22.8. The van der Waals surface area contributed by atoms with Gasteiger partial charge in [-0.3, -0.25) is 4.79 Å². The third-order valence-corrected chi connectivity index (χ3v) is 7.07. The van der Waals surface area contributed by atoms with Crippen LogP contribution < -0.4 is 5.32 Å². The van der Waals surface area contributed by atoms with Gasteiger partial charge in [0.2, 0.25) is 5.72 Å². The third kappa shape index (κ3) is 4.26. The molecule has 31 heavy (non-hydrogen) atoms. The molecule has 2 heterocycles. The number of nitriles is 1. The summed E-state index contributed by atoms with van der Waals surface area (Å²) in [6.45, 7) is 3.54. The fourth-order valence-electron chi connectivity index (χ4n) is 3.47. The molecule has 1 aromatic heterocycles. The van der Waals surface area contributed by atoms with Gasteiger partial charge in [-0.15, -0.1) is 29.7 Å². The summed E-state index contributed by atoms with van der Waals surface area (Å²) in [6.07, 6.45) is -3.78. The van der Waals surface area contributed by atoms with Crippen LogP contribution in [0.5, 0.6) is 0 Å². The molecule has 0 unspecified atom stereocenters. The van der Waals surface area contributed by atoms with Gasteiger partial charge in [0, 0.05) is 16.7 Å². The first kappa shape index (κ1) is 23.4. The topological polar surface area (TPSA) is 73.1 Å². The van der Waals surface area contributed by atoms with Gasteiger partial charge in [-0.2, -0.15) is 18.4 Å². The number of hydrogen-bond acceptors (Lipinski definition) is 6. The number of thioether (sulfide) groups is 1. The Morgan fingerprint density at radius 3 is 2.65 bits per heavy atom. The van der Waals surface area contributed by atoms with Crippen LogP contribution in [-0.4, -0.2) is 28.5 Å². The van der Waals surface area contributed by atoms with Crippen LogP contribution in [0.1, 0.15) is 21.2 Å². The number of aliphatic hydroxyl groups is 1. The Hall–Kier alpha value is -2.25.